The van der Waals surface area contributed by atoms with Crippen LogP contribution in [0.15, 0.2) is 11.4 Å². The fraction of sp³-hybridized carbons (Fsp3) is 0.600. The summed E-state index contributed by atoms with van der Waals surface area (Å²) in [6.45, 7) is 11.7. The first-order valence-electron chi connectivity index (χ1n) is 6.80. The van der Waals surface area contributed by atoms with E-state index < -0.39 is 11.3 Å². The lowest BCUT2D eigenvalue weighted by molar-refractivity contribution is -0.130. The quantitative estimate of drug-likeness (QED) is 0.593. The summed E-state index contributed by atoms with van der Waals surface area (Å²) in [5.41, 5.74) is 1.33. The zero-order valence-corrected chi connectivity index (χ0v) is 14.2. The van der Waals surface area contributed by atoms with E-state index in [0.717, 1.165) is 4.88 Å². The van der Waals surface area contributed by atoms with Gasteiger partial charge < -0.3 is 5.32 Å². The van der Waals surface area contributed by atoms with Crippen molar-refractivity contribution in [3.8, 4) is 0 Å². The van der Waals surface area contributed by atoms with Crippen LogP contribution in [0.5, 0.6) is 0 Å². The lowest BCUT2D eigenvalue weighted by Gasteiger charge is -2.33. The summed E-state index contributed by atoms with van der Waals surface area (Å²) in [5.74, 6) is -0.587. The van der Waals surface area contributed by atoms with Crippen molar-refractivity contribution >= 4 is 23.2 Å². The van der Waals surface area contributed by atoms with Gasteiger partial charge in [-0.15, -0.1) is 11.3 Å². The van der Waals surface area contributed by atoms with Crippen LogP contribution in [-0.4, -0.2) is 17.0 Å². The molecule has 0 aliphatic rings. The molecule has 6 heteroatoms. The second kappa shape index (κ2) is 6.15. The van der Waals surface area contributed by atoms with Gasteiger partial charge in [0.1, 0.15) is 0 Å². The van der Waals surface area contributed by atoms with Crippen LogP contribution in [0.25, 0.3) is 0 Å². The van der Waals surface area contributed by atoms with E-state index in [4.69, 9.17) is 5.21 Å². The van der Waals surface area contributed by atoms with E-state index in [1.165, 1.54) is 11.3 Å². The first-order chi connectivity index (χ1) is 9.46. The van der Waals surface area contributed by atoms with Crippen LogP contribution in [0.1, 0.15) is 62.8 Å². The highest BCUT2D eigenvalue weighted by atomic mass is 32.1. The van der Waals surface area contributed by atoms with Crippen LogP contribution in [0, 0.1) is 10.8 Å². The Morgan fingerprint density at radius 3 is 2.19 bits per heavy atom. The highest BCUT2D eigenvalue weighted by Gasteiger charge is 2.32. The van der Waals surface area contributed by atoms with Gasteiger partial charge in [0, 0.05) is 15.7 Å². The lowest BCUT2D eigenvalue weighted by atomic mass is 9.84. The molecule has 1 aromatic heterocycles. The third-order valence-corrected chi connectivity index (χ3v) is 4.09. The molecule has 1 rings (SSSR count). The number of carbonyl (C=O) groups excluding carboxylic acids is 2. The zero-order valence-electron chi connectivity index (χ0n) is 13.4. The van der Waals surface area contributed by atoms with E-state index in [9.17, 15) is 9.59 Å². The maximum absolute atomic E-state index is 12.3. The third-order valence-electron chi connectivity index (χ3n) is 3.09. The summed E-state index contributed by atoms with van der Waals surface area (Å²) in [5, 5.41) is 13.4. The summed E-state index contributed by atoms with van der Waals surface area (Å²) in [6.07, 6.45) is 0. The summed E-state index contributed by atoms with van der Waals surface area (Å²) in [6, 6.07) is 1.50. The van der Waals surface area contributed by atoms with E-state index >= 15 is 0 Å². The average molecular weight is 312 g/mol. The van der Waals surface area contributed by atoms with E-state index in [0.29, 0.717) is 5.56 Å². The molecule has 5 nitrogen and oxygen atoms in total. The van der Waals surface area contributed by atoms with Gasteiger partial charge >= 0.3 is 0 Å². The third kappa shape index (κ3) is 4.54. The molecule has 1 aromatic rings. The van der Waals surface area contributed by atoms with Crippen LogP contribution < -0.4 is 10.8 Å². The Labute approximate surface area is 129 Å². The van der Waals surface area contributed by atoms with Gasteiger partial charge in [-0.3, -0.25) is 14.8 Å². The summed E-state index contributed by atoms with van der Waals surface area (Å²) >= 11 is 1.39. The van der Waals surface area contributed by atoms with Crippen molar-refractivity contribution in [3.63, 3.8) is 0 Å². The molecule has 0 spiro atoms. The molecule has 0 aromatic carbocycles. The largest absolute Gasteiger partial charge is 0.347 e. The molecule has 0 fully saturated rings. The van der Waals surface area contributed by atoms with Crippen molar-refractivity contribution in [2.45, 2.75) is 47.6 Å². The summed E-state index contributed by atoms with van der Waals surface area (Å²) < 4.78 is 0. The first kappa shape index (κ1) is 17.7. The van der Waals surface area contributed by atoms with Crippen LogP contribution in [0.3, 0.4) is 0 Å². The maximum atomic E-state index is 12.3. The molecule has 0 aliphatic carbocycles. The second-order valence-corrected chi connectivity index (χ2v) is 8.14. The Morgan fingerprint density at radius 2 is 1.76 bits per heavy atom. The molecule has 118 valence electrons. The van der Waals surface area contributed by atoms with Gasteiger partial charge in [-0.25, -0.2) is 5.48 Å². The molecule has 0 radical (unpaired) electrons. The smallest absolute Gasteiger partial charge is 0.275 e. The Balaban J connectivity index is 3.07. The van der Waals surface area contributed by atoms with E-state index in [2.05, 4.69) is 5.32 Å². The molecule has 0 unspecified atom stereocenters. The van der Waals surface area contributed by atoms with Crippen LogP contribution >= 0.6 is 11.3 Å². The monoisotopic (exact) mass is 312 g/mol. The van der Waals surface area contributed by atoms with Crippen LogP contribution in [0.4, 0.5) is 0 Å². The maximum Gasteiger partial charge on any atom is 0.275 e. The molecule has 0 saturated carbocycles. The van der Waals surface area contributed by atoms with Crippen LogP contribution in [-0.2, 0) is 4.79 Å². The number of thiophene rings is 1. The molecule has 0 saturated heterocycles. The van der Waals surface area contributed by atoms with E-state index in [1.807, 2.05) is 41.5 Å². The SMILES string of the molecule is CC(C)(C)C(=O)N[C@H](c1cc(C(=O)NO)cs1)C(C)(C)C. The Bertz CT molecular complexity index is 524. The van der Waals surface area contributed by atoms with Crippen molar-refractivity contribution in [2.75, 3.05) is 0 Å². The highest BCUT2D eigenvalue weighted by molar-refractivity contribution is 7.10. The van der Waals surface area contributed by atoms with Gasteiger partial charge in [-0.1, -0.05) is 41.5 Å². The van der Waals surface area contributed by atoms with Crippen LogP contribution in [0.2, 0.25) is 0 Å². The molecule has 21 heavy (non-hydrogen) atoms. The number of hydroxylamine groups is 1. The van der Waals surface area contributed by atoms with Gasteiger partial charge in [0.15, 0.2) is 0 Å². The van der Waals surface area contributed by atoms with Crippen molar-refractivity contribution < 1.29 is 14.8 Å². The fourth-order valence-corrected chi connectivity index (χ4v) is 2.93. The van der Waals surface area contributed by atoms with Crippen molar-refractivity contribution in [1.82, 2.24) is 10.8 Å². The minimum atomic E-state index is -0.549. The number of hydrogen-bond donors (Lipinski definition) is 3. The Hall–Kier alpha value is -1.40. The molecule has 0 bridgehead atoms. The number of hydrogen-bond acceptors (Lipinski definition) is 4. The van der Waals surface area contributed by atoms with Crippen molar-refractivity contribution in [1.29, 1.82) is 0 Å². The molecule has 3 N–H and O–H groups in total. The predicted octanol–water partition coefficient (Wildman–Crippen LogP) is 3.12. The first-order valence-corrected chi connectivity index (χ1v) is 7.68. The molecular weight excluding hydrogens is 288 g/mol. The number of rotatable bonds is 3. The molecule has 1 atom stereocenters. The van der Waals surface area contributed by atoms with Gasteiger partial charge in [-0.05, 0) is 11.5 Å². The van der Waals surface area contributed by atoms with Crippen molar-refractivity contribution in [2.24, 2.45) is 10.8 Å². The molecular formula is C15H24N2O3S. The predicted molar refractivity (Wildman–Crippen MR) is 83.4 cm³/mol. The van der Waals surface area contributed by atoms with Gasteiger partial charge in [-0.2, -0.15) is 0 Å². The lowest BCUT2D eigenvalue weighted by Crippen LogP contribution is -2.41. The average Bonchev–Trinajstić information content (AvgIpc) is 2.80. The Morgan fingerprint density at radius 1 is 1.19 bits per heavy atom. The highest BCUT2D eigenvalue weighted by Crippen LogP contribution is 2.36. The number of nitrogens with one attached hydrogen (secondary N) is 2. The second-order valence-electron chi connectivity index (χ2n) is 7.20. The topological polar surface area (TPSA) is 78.4 Å². The molecule has 1 heterocycles. The fourth-order valence-electron chi connectivity index (χ4n) is 1.75. The zero-order chi connectivity index (χ0) is 16.4. The number of carbonyl (C=O) groups is 2. The van der Waals surface area contributed by atoms with Gasteiger partial charge in [0.2, 0.25) is 5.91 Å². The summed E-state index contributed by atoms with van der Waals surface area (Å²) in [4.78, 5) is 24.6. The molecule has 2 amide bonds. The van der Waals surface area contributed by atoms with Gasteiger partial charge in [0.25, 0.3) is 5.91 Å². The van der Waals surface area contributed by atoms with E-state index in [-0.39, 0.29) is 17.4 Å². The standard InChI is InChI=1S/C15H24N2O3S/c1-14(2,3)11(16-13(19)15(4,5)6)10-7-9(8-21-10)12(18)17-20/h7-8,11,20H,1-6H3,(H,16,19)(H,17,18)/t11-/m1/s1. The number of amides is 2. The van der Waals surface area contributed by atoms with E-state index in [1.54, 1.807) is 16.9 Å². The minimum Gasteiger partial charge on any atom is -0.347 e. The molecule has 0 aliphatic heterocycles. The minimum absolute atomic E-state index is 0.0380. The summed E-state index contributed by atoms with van der Waals surface area (Å²) in [7, 11) is 0. The van der Waals surface area contributed by atoms with Gasteiger partial charge in [0.05, 0.1) is 11.6 Å². The Kier molecular flexibility index (Phi) is 5.17. The normalized spacial score (nSPS) is 13.7. The van der Waals surface area contributed by atoms with Crippen molar-refractivity contribution in [3.05, 3.63) is 21.9 Å².